The molecule has 1 aromatic carbocycles. The van der Waals surface area contributed by atoms with Crippen LogP contribution in [0.15, 0.2) is 30.5 Å². The van der Waals surface area contributed by atoms with Crippen molar-refractivity contribution in [3.8, 4) is 0 Å². The minimum Gasteiger partial charge on any atom is -0.339 e. The minimum atomic E-state index is 0.669. The van der Waals surface area contributed by atoms with Gasteiger partial charge in [-0.05, 0) is 56.4 Å². The first kappa shape index (κ1) is 13.5. The van der Waals surface area contributed by atoms with Gasteiger partial charge in [0.15, 0.2) is 0 Å². The number of likely N-dealkylation sites (tertiary alicyclic amines) is 1. The molecule has 0 atom stereocenters. The Kier molecular flexibility index (Phi) is 3.97. The summed E-state index contributed by atoms with van der Waals surface area (Å²) in [5.41, 5.74) is 2.59. The van der Waals surface area contributed by atoms with Gasteiger partial charge >= 0.3 is 0 Å². The van der Waals surface area contributed by atoms with Crippen molar-refractivity contribution < 1.29 is 0 Å². The van der Waals surface area contributed by atoms with E-state index in [1.165, 1.54) is 56.3 Å². The number of fused-ring (bicyclic) bond motifs is 1. The van der Waals surface area contributed by atoms with Gasteiger partial charge < -0.3 is 10.7 Å². The lowest BCUT2D eigenvalue weighted by Crippen LogP contribution is -2.33. The predicted octanol–water partition coefficient (Wildman–Crippen LogP) is 3.33. The fourth-order valence-electron chi connectivity index (χ4n) is 3.41. The van der Waals surface area contributed by atoms with Crippen molar-refractivity contribution in [3.63, 3.8) is 0 Å². The summed E-state index contributed by atoms with van der Waals surface area (Å²) < 4.78 is 1.79. The molecule has 108 valence electrons. The molecule has 0 unspecified atom stereocenters. The number of unbranched alkanes of at least 4 members (excludes halogenated alkanes) is 1. The van der Waals surface area contributed by atoms with Crippen LogP contribution in [0.1, 0.15) is 44.1 Å². The molecule has 0 saturated carbocycles. The van der Waals surface area contributed by atoms with Gasteiger partial charge in [0.2, 0.25) is 0 Å². The van der Waals surface area contributed by atoms with E-state index in [9.17, 15) is 0 Å². The van der Waals surface area contributed by atoms with Crippen LogP contribution in [0.25, 0.3) is 10.9 Å². The van der Waals surface area contributed by atoms with Gasteiger partial charge in [0.1, 0.15) is 0 Å². The molecule has 0 spiro atoms. The average Bonchev–Trinajstić information content (AvgIpc) is 2.83. The van der Waals surface area contributed by atoms with Crippen molar-refractivity contribution in [1.29, 1.82) is 0 Å². The van der Waals surface area contributed by atoms with E-state index < -0.39 is 0 Å². The number of nitrogens with zero attached hydrogens (tertiary/aromatic N) is 2. The maximum Gasteiger partial charge on any atom is 0.0693 e. The third-order valence-electron chi connectivity index (χ3n) is 4.63. The Morgan fingerprint density at radius 3 is 2.70 bits per heavy atom. The van der Waals surface area contributed by atoms with Crippen LogP contribution in [-0.2, 0) is 0 Å². The highest BCUT2D eigenvalue weighted by atomic mass is 15.3. The maximum absolute atomic E-state index is 6.08. The van der Waals surface area contributed by atoms with Gasteiger partial charge in [-0.25, -0.2) is 0 Å². The smallest absolute Gasteiger partial charge is 0.0693 e. The summed E-state index contributed by atoms with van der Waals surface area (Å²) in [6.45, 7) is 5.99. The van der Waals surface area contributed by atoms with Crippen molar-refractivity contribution in [2.75, 3.05) is 25.5 Å². The highest BCUT2D eigenvalue weighted by molar-refractivity contribution is 5.84. The molecule has 0 bridgehead atoms. The molecule has 1 fully saturated rings. The van der Waals surface area contributed by atoms with Crippen LogP contribution >= 0.6 is 0 Å². The number of para-hydroxylation sites is 1. The molecule has 0 amide bonds. The lowest BCUT2D eigenvalue weighted by atomic mass is 9.89. The number of rotatable bonds is 4. The van der Waals surface area contributed by atoms with Crippen molar-refractivity contribution in [2.45, 2.75) is 38.5 Å². The molecule has 1 saturated heterocycles. The Labute approximate surface area is 121 Å². The van der Waals surface area contributed by atoms with Crippen LogP contribution in [0.3, 0.4) is 0 Å². The van der Waals surface area contributed by atoms with Crippen molar-refractivity contribution in [1.82, 2.24) is 9.58 Å². The van der Waals surface area contributed by atoms with E-state index >= 15 is 0 Å². The molecule has 2 heterocycles. The second-order valence-corrected chi connectivity index (χ2v) is 5.98. The van der Waals surface area contributed by atoms with Gasteiger partial charge in [-0.3, -0.25) is 4.68 Å². The third kappa shape index (κ3) is 2.55. The Hall–Kier alpha value is -1.48. The van der Waals surface area contributed by atoms with E-state index in [-0.39, 0.29) is 0 Å². The minimum absolute atomic E-state index is 0.669. The fraction of sp³-hybridized carbons (Fsp3) is 0.529. The fourth-order valence-corrected chi connectivity index (χ4v) is 3.41. The maximum atomic E-state index is 6.08. The SMILES string of the molecule is CCCCN1CCC(c2cn(N)c3ccccc23)CC1. The number of benzene rings is 1. The Balaban J connectivity index is 1.74. The molecular formula is C17H25N3. The first-order valence-electron chi connectivity index (χ1n) is 7.87. The van der Waals surface area contributed by atoms with Crippen LogP contribution in [-0.4, -0.2) is 29.2 Å². The molecule has 20 heavy (non-hydrogen) atoms. The van der Waals surface area contributed by atoms with Crippen LogP contribution in [0, 0.1) is 0 Å². The molecule has 1 aliphatic rings. The molecule has 2 N–H and O–H groups in total. The van der Waals surface area contributed by atoms with E-state index in [4.69, 9.17) is 5.84 Å². The molecule has 3 rings (SSSR count). The summed E-state index contributed by atoms with van der Waals surface area (Å²) in [7, 11) is 0. The van der Waals surface area contributed by atoms with Crippen molar-refractivity contribution >= 4 is 10.9 Å². The molecule has 0 radical (unpaired) electrons. The van der Waals surface area contributed by atoms with Crippen LogP contribution in [0.4, 0.5) is 0 Å². The molecule has 2 aromatic rings. The summed E-state index contributed by atoms with van der Waals surface area (Å²) in [4.78, 5) is 2.61. The van der Waals surface area contributed by atoms with Gasteiger partial charge in [-0.2, -0.15) is 0 Å². The Morgan fingerprint density at radius 2 is 1.95 bits per heavy atom. The van der Waals surface area contributed by atoms with E-state index in [0.29, 0.717) is 5.92 Å². The first-order valence-corrected chi connectivity index (χ1v) is 7.87. The highest BCUT2D eigenvalue weighted by Crippen LogP contribution is 2.33. The summed E-state index contributed by atoms with van der Waals surface area (Å²) in [6.07, 6.45) is 7.28. The average molecular weight is 271 g/mol. The number of nitrogens with two attached hydrogens (primary N) is 1. The van der Waals surface area contributed by atoms with Crippen LogP contribution in [0.2, 0.25) is 0 Å². The van der Waals surface area contributed by atoms with E-state index in [1.54, 1.807) is 4.68 Å². The molecule has 1 aromatic heterocycles. The zero-order valence-corrected chi connectivity index (χ0v) is 12.4. The standard InChI is InChI=1S/C17H25N3/c1-2-3-10-19-11-8-14(9-12-19)16-13-20(18)17-7-5-4-6-15(16)17/h4-7,13-14H,2-3,8-12,18H2,1H3. The summed E-state index contributed by atoms with van der Waals surface area (Å²) >= 11 is 0. The first-order chi connectivity index (χ1) is 9.79. The van der Waals surface area contributed by atoms with Crippen LogP contribution in [0.5, 0.6) is 0 Å². The van der Waals surface area contributed by atoms with Gasteiger partial charge in [0, 0.05) is 11.6 Å². The molecule has 1 aliphatic heterocycles. The number of nitrogen functional groups attached to an aromatic ring is 1. The van der Waals surface area contributed by atoms with E-state index in [0.717, 1.165) is 5.52 Å². The Bertz CT molecular complexity index is 565. The number of hydrogen-bond donors (Lipinski definition) is 1. The quantitative estimate of drug-likeness (QED) is 0.865. The van der Waals surface area contributed by atoms with E-state index in [2.05, 4.69) is 42.3 Å². The lowest BCUT2D eigenvalue weighted by molar-refractivity contribution is 0.210. The molecule has 3 heteroatoms. The largest absolute Gasteiger partial charge is 0.339 e. The number of aromatic nitrogens is 1. The van der Waals surface area contributed by atoms with Crippen LogP contribution < -0.4 is 5.84 Å². The summed E-state index contributed by atoms with van der Waals surface area (Å²) in [6, 6.07) is 8.48. The van der Waals surface area contributed by atoms with Gasteiger partial charge in [-0.1, -0.05) is 31.5 Å². The summed E-state index contributed by atoms with van der Waals surface area (Å²) in [5.74, 6) is 6.75. The number of hydrogen-bond acceptors (Lipinski definition) is 2. The van der Waals surface area contributed by atoms with Gasteiger partial charge in [0.25, 0.3) is 0 Å². The second kappa shape index (κ2) is 5.88. The van der Waals surface area contributed by atoms with Gasteiger partial charge in [0.05, 0.1) is 5.52 Å². The van der Waals surface area contributed by atoms with Crippen molar-refractivity contribution in [2.24, 2.45) is 0 Å². The number of piperidine rings is 1. The topological polar surface area (TPSA) is 34.2 Å². The van der Waals surface area contributed by atoms with Crippen molar-refractivity contribution in [3.05, 3.63) is 36.0 Å². The monoisotopic (exact) mass is 271 g/mol. The summed E-state index contributed by atoms with van der Waals surface area (Å²) in [5, 5.41) is 1.34. The zero-order valence-electron chi connectivity index (χ0n) is 12.4. The zero-order chi connectivity index (χ0) is 13.9. The predicted molar refractivity (Wildman–Crippen MR) is 85.4 cm³/mol. The third-order valence-corrected chi connectivity index (χ3v) is 4.63. The highest BCUT2D eigenvalue weighted by Gasteiger charge is 2.23. The Morgan fingerprint density at radius 1 is 1.20 bits per heavy atom. The molecule has 3 nitrogen and oxygen atoms in total. The van der Waals surface area contributed by atoms with E-state index in [1.807, 2.05) is 0 Å². The second-order valence-electron chi connectivity index (χ2n) is 5.98. The van der Waals surface area contributed by atoms with Gasteiger partial charge in [-0.15, -0.1) is 0 Å². The lowest BCUT2D eigenvalue weighted by Gasteiger charge is -2.31. The normalized spacial score (nSPS) is 17.9. The molecule has 0 aliphatic carbocycles. The molecular weight excluding hydrogens is 246 g/mol.